The van der Waals surface area contributed by atoms with Gasteiger partial charge in [0.05, 0.1) is 0 Å². The van der Waals surface area contributed by atoms with Crippen molar-refractivity contribution in [3.05, 3.63) is 48.0 Å². The molecule has 1 saturated carbocycles. The van der Waals surface area contributed by atoms with Crippen molar-refractivity contribution in [3.63, 3.8) is 0 Å². The number of alkyl halides is 1. The van der Waals surface area contributed by atoms with E-state index in [1.165, 1.54) is 42.0 Å². The molecular formula is C18H21Cl. The topological polar surface area (TPSA) is 0 Å². The van der Waals surface area contributed by atoms with Crippen LogP contribution in [0.4, 0.5) is 0 Å². The van der Waals surface area contributed by atoms with E-state index >= 15 is 0 Å². The molecule has 1 unspecified atom stereocenters. The molecule has 1 aliphatic rings. The predicted molar refractivity (Wildman–Crippen MR) is 83.9 cm³/mol. The van der Waals surface area contributed by atoms with Gasteiger partial charge in [-0.15, -0.1) is 11.6 Å². The molecule has 0 aliphatic heterocycles. The van der Waals surface area contributed by atoms with E-state index in [1.54, 1.807) is 0 Å². The van der Waals surface area contributed by atoms with Crippen LogP contribution in [0, 0.1) is 5.41 Å². The maximum absolute atomic E-state index is 6.76. The second kappa shape index (κ2) is 5.17. The molecule has 0 saturated heterocycles. The monoisotopic (exact) mass is 272 g/mol. The first-order valence-electron chi connectivity index (χ1n) is 7.30. The molecule has 1 fully saturated rings. The first-order valence-corrected chi connectivity index (χ1v) is 7.73. The minimum atomic E-state index is 0.251. The Morgan fingerprint density at radius 1 is 1.05 bits per heavy atom. The minimum absolute atomic E-state index is 0.251. The highest BCUT2D eigenvalue weighted by atomic mass is 35.5. The van der Waals surface area contributed by atoms with Crippen LogP contribution in [0.15, 0.2) is 42.5 Å². The molecule has 0 radical (unpaired) electrons. The van der Waals surface area contributed by atoms with Crippen LogP contribution in [0.1, 0.15) is 38.2 Å². The third kappa shape index (κ3) is 2.51. The molecule has 1 atom stereocenters. The van der Waals surface area contributed by atoms with Crippen LogP contribution in [0.2, 0.25) is 0 Å². The lowest BCUT2D eigenvalue weighted by atomic mass is 9.81. The minimum Gasteiger partial charge on any atom is -0.122 e. The zero-order chi connectivity index (χ0) is 13.3. The average molecular weight is 273 g/mol. The van der Waals surface area contributed by atoms with Crippen molar-refractivity contribution in [1.82, 2.24) is 0 Å². The van der Waals surface area contributed by atoms with E-state index in [0.717, 1.165) is 6.42 Å². The van der Waals surface area contributed by atoms with E-state index in [2.05, 4.69) is 49.4 Å². The molecule has 0 N–H and O–H groups in total. The molecule has 2 aromatic carbocycles. The molecule has 0 spiro atoms. The van der Waals surface area contributed by atoms with Crippen molar-refractivity contribution in [2.24, 2.45) is 5.41 Å². The Labute approximate surface area is 120 Å². The summed E-state index contributed by atoms with van der Waals surface area (Å²) in [5.74, 6) is 0. The lowest BCUT2D eigenvalue weighted by molar-refractivity contribution is 0.316. The van der Waals surface area contributed by atoms with Gasteiger partial charge in [-0.2, -0.15) is 0 Å². The van der Waals surface area contributed by atoms with Gasteiger partial charge in [0.1, 0.15) is 0 Å². The van der Waals surface area contributed by atoms with Crippen molar-refractivity contribution < 1.29 is 0 Å². The summed E-state index contributed by atoms with van der Waals surface area (Å²) in [6, 6.07) is 15.2. The third-order valence-electron chi connectivity index (χ3n) is 4.78. The lowest BCUT2D eigenvalue weighted by Gasteiger charge is -2.29. The van der Waals surface area contributed by atoms with Crippen LogP contribution < -0.4 is 0 Å². The van der Waals surface area contributed by atoms with Crippen LogP contribution in [0.3, 0.4) is 0 Å². The van der Waals surface area contributed by atoms with Gasteiger partial charge in [-0.1, -0.05) is 62.2 Å². The second-order valence-electron chi connectivity index (χ2n) is 6.17. The smallest absolute Gasteiger partial charge is 0.0430 e. The van der Waals surface area contributed by atoms with E-state index in [9.17, 15) is 0 Å². The fraction of sp³-hybridized carbons (Fsp3) is 0.444. The molecule has 0 bridgehead atoms. The summed E-state index contributed by atoms with van der Waals surface area (Å²) in [4.78, 5) is 0. The third-order valence-corrected chi connectivity index (χ3v) is 5.46. The summed E-state index contributed by atoms with van der Waals surface area (Å²) in [6.07, 6.45) is 6.24. The van der Waals surface area contributed by atoms with E-state index in [4.69, 9.17) is 11.6 Å². The highest BCUT2D eigenvalue weighted by molar-refractivity contribution is 6.21. The van der Waals surface area contributed by atoms with Crippen molar-refractivity contribution in [2.45, 2.75) is 44.4 Å². The summed E-state index contributed by atoms with van der Waals surface area (Å²) in [5.41, 5.74) is 1.73. The van der Waals surface area contributed by atoms with Crippen molar-refractivity contribution in [1.29, 1.82) is 0 Å². The molecule has 0 nitrogen and oxygen atoms in total. The summed E-state index contributed by atoms with van der Waals surface area (Å²) < 4.78 is 0. The van der Waals surface area contributed by atoms with Crippen LogP contribution >= 0.6 is 11.6 Å². The van der Waals surface area contributed by atoms with Gasteiger partial charge in [-0.25, -0.2) is 0 Å². The standard InChI is InChI=1S/C18H21Cl/c1-18(11-4-5-12-18)17(19)13-15-9-6-8-14-7-2-3-10-16(14)15/h2-3,6-10,17H,4-5,11-13H2,1H3. The van der Waals surface area contributed by atoms with Gasteiger partial charge in [0.15, 0.2) is 0 Å². The van der Waals surface area contributed by atoms with Gasteiger partial charge in [-0.3, -0.25) is 0 Å². The van der Waals surface area contributed by atoms with Gasteiger partial charge in [-0.05, 0) is 41.0 Å². The van der Waals surface area contributed by atoms with Crippen LogP contribution in [-0.2, 0) is 6.42 Å². The Kier molecular flexibility index (Phi) is 3.54. The Balaban J connectivity index is 1.89. The Bertz CT molecular complexity index is 561. The summed E-state index contributed by atoms with van der Waals surface area (Å²) in [6.45, 7) is 2.36. The van der Waals surface area contributed by atoms with Gasteiger partial charge < -0.3 is 0 Å². The van der Waals surface area contributed by atoms with Crippen molar-refractivity contribution in [2.75, 3.05) is 0 Å². The van der Waals surface area contributed by atoms with Crippen LogP contribution in [0.5, 0.6) is 0 Å². The van der Waals surface area contributed by atoms with Gasteiger partial charge >= 0.3 is 0 Å². The molecular weight excluding hydrogens is 252 g/mol. The Morgan fingerprint density at radius 3 is 2.53 bits per heavy atom. The first kappa shape index (κ1) is 13.0. The highest BCUT2D eigenvalue weighted by Crippen LogP contribution is 2.44. The first-order chi connectivity index (χ1) is 9.19. The zero-order valence-corrected chi connectivity index (χ0v) is 12.3. The van der Waals surface area contributed by atoms with Gasteiger partial charge in [0, 0.05) is 5.38 Å². The maximum Gasteiger partial charge on any atom is 0.0430 e. The maximum atomic E-state index is 6.76. The molecule has 1 aliphatic carbocycles. The Hall–Kier alpha value is -1.01. The molecule has 0 aromatic heterocycles. The fourth-order valence-corrected chi connectivity index (χ4v) is 3.79. The average Bonchev–Trinajstić information content (AvgIpc) is 2.87. The van der Waals surface area contributed by atoms with E-state index in [-0.39, 0.29) is 5.38 Å². The molecule has 1 heteroatoms. The largest absolute Gasteiger partial charge is 0.122 e. The van der Waals surface area contributed by atoms with Crippen LogP contribution in [0.25, 0.3) is 10.8 Å². The predicted octanol–water partition coefficient (Wildman–Crippen LogP) is 5.57. The molecule has 100 valence electrons. The second-order valence-corrected chi connectivity index (χ2v) is 6.70. The quantitative estimate of drug-likeness (QED) is 0.641. The summed E-state index contributed by atoms with van der Waals surface area (Å²) in [5, 5.41) is 2.93. The van der Waals surface area contributed by atoms with Crippen LogP contribution in [-0.4, -0.2) is 5.38 Å². The number of rotatable bonds is 3. The molecule has 3 rings (SSSR count). The zero-order valence-electron chi connectivity index (χ0n) is 11.5. The Morgan fingerprint density at radius 2 is 1.74 bits per heavy atom. The highest BCUT2D eigenvalue weighted by Gasteiger charge is 2.35. The SMILES string of the molecule is CC1(C(Cl)Cc2cccc3ccccc23)CCCC1. The number of hydrogen-bond acceptors (Lipinski definition) is 0. The molecule has 2 aromatic rings. The van der Waals surface area contributed by atoms with Gasteiger partial charge in [0.25, 0.3) is 0 Å². The lowest BCUT2D eigenvalue weighted by Crippen LogP contribution is -2.26. The van der Waals surface area contributed by atoms with E-state index in [0.29, 0.717) is 5.41 Å². The van der Waals surface area contributed by atoms with E-state index in [1.807, 2.05) is 0 Å². The number of hydrogen-bond donors (Lipinski definition) is 0. The summed E-state index contributed by atoms with van der Waals surface area (Å²) >= 11 is 6.76. The number of fused-ring (bicyclic) bond motifs is 1. The normalized spacial score (nSPS) is 19.7. The van der Waals surface area contributed by atoms with Crippen molar-refractivity contribution >= 4 is 22.4 Å². The summed E-state index contributed by atoms with van der Waals surface area (Å²) in [7, 11) is 0. The van der Waals surface area contributed by atoms with Gasteiger partial charge in [0.2, 0.25) is 0 Å². The molecule has 0 heterocycles. The number of halogens is 1. The van der Waals surface area contributed by atoms with Crippen molar-refractivity contribution in [3.8, 4) is 0 Å². The molecule has 19 heavy (non-hydrogen) atoms. The van der Waals surface area contributed by atoms with E-state index < -0.39 is 0 Å². The fourth-order valence-electron chi connectivity index (χ4n) is 3.41. The molecule has 0 amide bonds. The number of benzene rings is 2.